The predicted molar refractivity (Wildman–Crippen MR) is 334 cm³/mol. The van der Waals surface area contributed by atoms with Crippen molar-refractivity contribution in [2.24, 2.45) is 17.6 Å². The number of alkyl carbamates (subject to hydrolysis) is 1. The highest BCUT2D eigenvalue weighted by Gasteiger charge is 2.64. The van der Waals surface area contributed by atoms with E-state index >= 15 is 0 Å². The lowest BCUT2D eigenvalue weighted by molar-refractivity contribution is -0.158. The van der Waals surface area contributed by atoms with Gasteiger partial charge in [0.2, 0.25) is 17.7 Å². The Morgan fingerprint density at radius 3 is 2.39 bits per heavy atom. The second-order valence-corrected chi connectivity index (χ2v) is 24.9. The van der Waals surface area contributed by atoms with Gasteiger partial charge in [-0.1, -0.05) is 78.7 Å². The summed E-state index contributed by atoms with van der Waals surface area (Å²) in [6.07, 6.45) is 1.73. The molecule has 25 nitrogen and oxygen atoms in total. The minimum atomic E-state index is -1.93. The highest BCUT2D eigenvalue weighted by atomic mass is 79.9. The van der Waals surface area contributed by atoms with Crippen molar-refractivity contribution in [1.29, 1.82) is 0 Å². The molecule has 9 N–H and O–H groups in total. The van der Waals surface area contributed by atoms with Crippen LogP contribution in [-0.2, 0) is 58.9 Å². The highest BCUT2D eigenvalue weighted by Crippen LogP contribution is 2.49. The Labute approximate surface area is 532 Å². The third-order valence-corrected chi connectivity index (χ3v) is 17.2. The lowest BCUT2D eigenvalue weighted by atomic mass is 9.83. The number of urea groups is 1. The summed E-state index contributed by atoms with van der Waals surface area (Å²) in [5.41, 5.74) is 2.90. The van der Waals surface area contributed by atoms with Crippen molar-refractivity contribution in [3.63, 3.8) is 0 Å². The summed E-state index contributed by atoms with van der Waals surface area (Å²) in [4.78, 5) is 123. The largest absolute Gasteiger partial charge is 0.506 e. The molecule has 0 radical (unpaired) electrons. The number of anilines is 2. The number of nitrogens with two attached hydrogens (primary N) is 1. The van der Waals surface area contributed by atoms with Crippen molar-refractivity contribution >= 4 is 92.9 Å². The number of likely N-dealkylation sites (N-methyl/N-ethyl adjacent to an activating group) is 1. The number of nitrogens with one attached hydrogen (secondary N) is 5. The van der Waals surface area contributed by atoms with Crippen molar-refractivity contribution < 1.29 is 81.8 Å². The second-order valence-electron chi connectivity index (χ2n) is 23.9. The standard InChI is InChI=1S/C62H86BrClN8O17/c1-33(2)51(67-40(32-73)18-15-23-60(7,8)89-56(79)35(4)31-63)54(77)69-42(19-16-24-66-58(65)81)53(76)68-41-22-21-39(28-44(41)74)55(78)71(10)37(6)57(80)87-48-29-49(75)72(11)43-26-38(27-45(84-12)50(43)64)25-34(3)17-14-20-47(85-13)62(83)30-46(86-59(82)70-62)36(5)52-61(48,9)88-52/h14,17,20-22,26-28,32-33,36-37,40,42,46-48,51-52,67,74,83H,4,15-16,18-19,23-25,29-31H2,1-3,5-13H3,(H,68,76)(H,69,77)(H,70,82)(H3,65,66,81)/b20-14+,34-17+/t36-,37+,40+,42+,46+,47-,48+,51+,52+,61+,62+/m1/s1. The number of phenolic OH excluding ortho intramolecular Hbond substituents is 1. The average Bonchev–Trinajstić information content (AvgIpc) is 1.59. The number of rotatable bonds is 25. The van der Waals surface area contributed by atoms with Crippen molar-refractivity contribution in [2.45, 2.75) is 172 Å². The fraction of sp³-hybridized carbons (Fsp3) is 0.565. The van der Waals surface area contributed by atoms with E-state index in [1.54, 1.807) is 65.8 Å². The van der Waals surface area contributed by atoms with E-state index in [1.165, 1.54) is 52.3 Å². The number of carbonyl (C=O) groups excluding carboxylic acids is 9. The molecule has 0 saturated carbocycles. The number of aromatic hydroxyl groups is 1. The molecule has 0 unspecified atom stereocenters. The summed E-state index contributed by atoms with van der Waals surface area (Å²) in [6, 6.07) is 1.89. The van der Waals surface area contributed by atoms with Crippen LogP contribution in [0, 0.1) is 11.8 Å². The van der Waals surface area contributed by atoms with Crippen LogP contribution in [0.25, 0.3) is 0 Å². The molecule has 89 heavy (non-hydrogen) atoms. The van der Waals surface area contributed by atoms with Crippen molar-refractivity contribution in [3.8, 4) is 11.5 Å². The maximum atomic E-state index is 14.5. The molecule has 0 aromatic heterocycles. The first-order valence-corrected chi connectivity index (χ1v) is 30.8. The van der Waals surface area contributed by atoms with E-state index in [0.717, 1.165) is 22.1 Å². The first-order chi connectivity index (χ1) is 41.7. The lowest BCUT2D eigenvalue weighted by Gasteiger charge is -2.42. The number of fused-ring (bicyclic) bond motifs is 5. The smallest absolute Gasteiger partial charge is 0.409 e. The Morgan fingerprint density at radius 2 is 1.78 bits per heavy atom. The number of esters is 2. The average molecular weight is 1330 g/mol. The summed E-state index contributed by atoms with van der Waals surface area (Å²) >= 11 is 10.0. The number of epoxide rings is 1. The number of allylic oxidation sites excluding steroid dienone is 3. The van der Waals surface area contributed by atoms with Gasteiger partial charge in [0.25, 0.3) is 5.91 Å². The first kappa shape index (κ1) is 72.6. The van der Waals surface area contributed by atoms with E-state index < -0.39 is 137 Å². The van der Waals surface area contributed by atoms with Crippen LogP contribution in [0.4, 0.5) is 21.0 Å². The maximum absolute atomic E-state index is 14.5. The molecule has 3 heterocycles. The van der Waals surface area contributed by atoms with E-state index in [4.69, 9.17) is 45.8 Å². The van der Waals surface area contributed by atoms with Gasteiger partial charge in [-0.3, -0.25) is 29.8 Å². The van der Waals surface area contributed by atoms with E-state index in [1.807, 2.05) is 13.0 Å². The Bertz CT molecular complexity index is 3030. The third-order valence-electron chi connectivity index (χ3n) is 16.2. The normalized spacial score (nSPS) is 24.3. The summed E-state index contributed by atoms with van der Waals surface area (Å²) in [7, 11) is 5.66. The number of halogens is 2. The SMILES string of the molecule is C=C(CBr)C(=O)OC(C)(C)CCC[C@@H](C=O)N[C@H](C(=O)N[C@@H](CCCNC(N)=O)C(=O)Nc1ccc(C(=O)N(C)[C@@H](C)C(=O)O[C@H]2CC(=O)N(C)c3cc(cc(OC)c3Cl)C/C(C)=C/C=C/[C@@H](OC)[C@@]3(O)C[C@H](OC(=O)N3)[C@@H](C)[C@@H]3O[C@@]23C)cc1O)C(C)C. The van der Waals surface area contributed by atoms with Crippen LogP contribution in [0.3, 0.4) is 0 Å². The zero-order chi connectivity index (χ0) is 66.5. The van der Waals surface area contributed by atoms with Crippen LogP contribution in [0.1, 0.15) is 116 Å². The maximum Gasteiger partial charge on any atom is 0.409 e. The van der Waals surface area contributed by atoms with Gasteiger partial charge < -0.3 is 74.9 Å². The van der Waals surface area contributed by atoms with Gasteiger partial charge in [0, 0.05) is 56.6 Å². The number of phenols is 1. The van der Waals surface area contributed by atoms with E-state index in [9.17, 15) is 53.4 Å². The molecule has 3 aliphatic heterocycles. The third kappa shape index (κ3) is 19.2. The summed E-state index contributed by atoms with van der Waals surface area (Å²) in [6.45, 7) is 17.3. The summed E-state index contributed by atoms with van der Waals surface area (Å²) in [5.74, 6) is -5.57. The summed E-state index contributed by atoms with van der Waals surface area (Å²) < 4.78 is 35.1. The van der Waals surface area contributed by atoms with Crippen molar-refractivity contribution in [3.05, 3.63) is 82.4 Å². The minimum absolute atomic E-state index is 0.0255. The first-order valence-electron chi connectivity index (χ1n) is 29.3. The molecular weight excluding hydrogens is 1240 g/mol. The van der Waals surface area contributed by atoms with E-state index in [-0.39, 0.29) is 59.4 Å². The number of hydrogen-bond acceptors (Lipinski definition) is 18. The Morgan fingerprint density at radius 1 is 1.08 bits per heavy atom. The van der Waals surface area contributed by atoms with Gasteiger partial charge in [-0.15, -0.1) is 0 Å². The number of methoxy groups -OCH3 is 2. The minimum Gasteiger partial charge on any atom is -0.506 e. The molecule has 27 heteroatoms. The molecule has 2 fully saturated rings. The molecule has 11 atom stereocenters. The highest BCUT2D eigenvalue weighted by molar-refractivity contribution is 9.09. The molecule has 5 rings (SSSR count). The zero-order valence-corrected chi connectivity index (χ0v) is 54.8. The quantitative estimate of drug-likeness (QED) is 0.00822. The van der Waals surface area contributed by atoms with Crippen LogP contribution in [-0.4, -0.2) is 175 Å². The summed E-state index contributed by atoms with van der Waals surface area (Å²) in [5, 5.41) is 37.0. The second kappa shape index (κ2) is 31.6. The molecular formula is C62H86BrClN8O17. The lowest BCUT2D eigenvalue weighted by Crippen LogP contribution is -2.63. The molecule has 2 saturated heterocycles. The molecule has 2 aromatic rings. The fourth-order valence-electron chi connectivity index (χ4n) is 10.6. The van der Waals surface area contributed by atoms with Crippen molar-refractivity contribution in [1.82, 2.24) is 26.2 Å². The Hall–Kier alpha value is -7.10. The number of hydrogen-bond donors (Lipinski definition) is 8. The van der Waals surface area contributed by atoms with Crippen LogP contribution in [0.15, 0.2) is 66.3 Å². The number of carbonyl (C=O) groups is 9. The van der Waals surface area contributed by atoms with Gasteiger partial charge >= 0.3 is 24.1 Å². The Kier molecular flexibility index (Phi) is 25.8. The number of aliphatic hydroxyl groups is 1. The molecule has 4 bridgehead atoms. The van der Waals surface area contributed by atoms with Crippen molar-refractivity contribution in [2.75, 3.05) is 50.4 Å². The monoisotopic (exact) mass is 1330 g/mol. The van der Waals surface area contributed by atoms with Gasteiger partial charge in [-0.25, -0.2) is 19.2 Å². The van der Waals surface area contributed by atoms with E-state index in [2.05, 4.69) is 49.1 Å². The number of ether oxygens (including phenoxy) is 6. The number of nitrogens with zero attached hydrogens (tertiary/aromatic N) is 2. The number of aldehydes is 1. The number of benzene rings is 2. The van der Waals surface area contributed by atoms with Gasteiger partial charge in [-0.05, 0) is 115 Å². The van der Waals surface area contributed by atoms with Crippen LogP contribution in [0.2, 0.25) is 5.02 Å². The van der Waals surface area contributed by atoms with Gasteiger partial charge in [0.05, 0.1) is 43.1 Å². The van der Waals surface area contributed by atoms with Gasteiger partial charge in [0.1, 0.15) is 64.4 Å². The molecule has 3 aliphatic rings. The predicted octanol–water partition coefficient (Wildman–Crippen LogP) is 6.03. The molecule has 0 aliphatic carbocycles. The molecule has 7 amide bonds. The Balaban J connectivity index is 1.34. The van der Waals surface area contributed by atoms with Gasteiger partial charge in [0.15, 0.2) is 5.72 Å². The fourth-order valence-corrected chi connectivity index (χ4v) is 11.1. The van der Waals surface area contributed by atoms with E-state index in [0.29, 0.717) is 37.0 Å². The number of alkyl halides is 1. The van der Waals surface area contributed by atoms with Crippen LogP contribution in [0.5, 0.6) is 11.5 Å². The number of primary amides is 1. The van der Waals surface area contributed by atoms with Crippen LogP contribution < -0.4 is 42.0 Å². The molecule has 2 aromatic carbocycles. The molecule has 490 valence electrons. The topological polar surface area (TPSA) is 345 Å². The number of amides is 7. The van der Waals surface area contributed by atoms with Crippen LogP contribution >= 0.6 is 27.5 Å². The zero-order valence-electron chi connectivity index (χ0n) is 52.5. The molecule has 0 spiro atoms. The van der Waals surface area contributed by atoms with Gasteiger partial charge in [-0.2, -0.15) is 0 Å².